The summed E-state index contributed by atoms with van der Waals surface area (Å²) < 4.78 is 41.0. The van der Waals surface area contributed by atoms with Gasteiger partial charge in [0.2, 0.25) is 10.0 Å². The van der Waals surface area contributed by atoms with Crippen molar-refractivity contribution in [2.75, 3.05) is 13.6 Å². The van der Waals surface area contributed by atoms with Gasteiger partial charge in [-0.3, -0.25) is 0 Å². The molecule has 0 aliphatic heterocycles. The van der Waals surface area contributed by atoms with E-state index in [0.717, 1.165) is 6.07 Å². The Labute approximate surface area is 124 Å². The van der Waals surface area contributed by atoms with E-state index in [0.29, 0.717) is 0 Å². The second-order valence-corrected chi connectivity index (χ2v) is 7.96. The third kappa shape index (κ3) is 4.70. The van der Waals surface area contributed by atoms with Crippen LogP contribution in [0.25, 0.3) is 0 Å². The minimum Gasteiger partial charge on any atom is -0.316 e. The second-order valence-electron chi connectivity index (χ2n) is 5.79. The average Bonchev–Trinajstić information content (AvgIpc) is 2.30. The minimum absolute atomic E-state index is 0.188. The fourth-order valence-corrected chi connectivity index (χ4v) is 3.26. The quantitative estimate of drug-likeness (QED) is 0.875. The van der Waals surface area contributed by atoms with Gasteiger partial charge in [-0.1, -0.05) is 32.4 Å². The van der Waals surface area contributed by atoms with E-state index in [-0.39, 0.29) is 29.1 Å². The number of nitrogens with one attached hydrogen (secondary N) is 2. The minimum atomic E-state index is -3.92. The molecule has 0 heterocycles. The summed E-state index contributed by atoms with van der Waals surface area (Å²) in [5, 5.41) is 2.96. The van der Waals surface area contributed by atoms with E-state index >= 15 is 0 Å². The maximum Gasteiger partial charge on any atom is 0.243 e. The van der Waals surface area contributed by atoms with Gasteiger partial charge in [0.25, 0.3) is 0 Å². The van der Waals surface area contributed by atoms with Crippen LogP contribution in [0, 0.1) is 11.2 Å². The van der Waals surface area contributed by atoms with E-state index in [1.165, 1.54) is 6.07 Å². The third-order valence-electron chi connectivity index (χ3n) is 2.53. The SMILES string of the molecule is CNCc1cc(Cl)cc(S(=O)(=O)NCC(C)(C)C)c1F. The molecule has 7 heteroatoms. The normalized spacial score (nSPS) is 12.7. The lowest BCUT2D eigenvalue weighted by Crippen LogP contribution is -2.33. The topological polar surface area (TPSA) is 58.2 Å². The van der Waals surface area contributed by atoms with Crippen molar-refractivity contribution in [3.8, 4) is 0 Å². The Balaban J connectivity index is 3.18. The van der Waals surface area contributed by atoms with Crippen molar-refractivity contribution >= 4 is 21.6 Å². The lowest BCUT2D eigenvalue weighted by molar-refractivity contribution is 0.407. The average molecular weight is 323 g/mol. The van der Waals surface area contributed by atoms with Crippen LogP contribution in [-0.2, 0) is 16.6 Å². The molecule has 0 amide bonds. The van der Waals surface area contributed by atoms with Crippen molar-refractivity contribution in [3.63, 3.8) is 0 Å². The number of benzene rings is 1. The van der Waals surface area contributed by atoms with Gasteiger partial charge in [0, 0.05) is 23.7 Å². The van der Waals surface area contributed by atoms with Gasteiger partial charge in [0.1, 0.15) is 10.7 Å². The van der Waals surface area contributed by atoms with E-state index in [9.17, 15) is 12.8 Å². The Kier molecular flexibility index (Phi) is 5.54. The van der Waals surface area contributed by atoms with Crippen LogP contribution in [-0.4, -0.2) is 22.0 Å². The predicted octanol–water partition coefficient (Wildman–Crippen LogP) is 2.52. The van der Waals surface area contributed by atoms with Crippen LogP contribution in [0.4, 0.5) is 4.39 Å². The number of rotatable bonds is 5. The maximum absolute atomic E-state index is 14.2. The van der Waals surface area contributed by atoms with Gasteiger partial charge in [-0.05, 0) is 24.6 Å². The van der Waals surface area contributed by atoms with Crippen LogP contribution in [0.15, 0.2) is 17.0 Å². The Morgan fingerprint density at radius 1 is 1.30 bits per heavy atom. The fourth-order valence-electron chi connectivity index (χ4n) is 1.52. The van der Waals surface area contributed by atoms with Crippen molar-refractivity contribution in [2.45, 2.75) is 32.2 Å². The molecule has 0 radical (unpaired) electrons. The molecular formula is C13H20ClFN2O2S. The number of hydrogen-bond acceptors (Lipinski definition) is 3. The summed E-state index contributed by atoms with van der Waals surface area (Å²) in [7, 11) is -2.28. The van der Waals surface area contributed by atoms with Crippen molar-refractivity contribution in [1.82, 2.24) is 10.0 Å². The number of halogens is 2. The van der Waals surface area contributed by atoms with Crippen molar-refractivity contribution < 1.29 is 12.8 Å². The van der Waals surface area contributed by atoms with Gasteiger partial charge in [-0.2, -0.15) is 0 Å². The van der Waals surface area contributed by atoms with Gasteiger partial charge in [-0.15, -0.1) is 0 Å². The van der Waals surface area contributed by atoms with Crippen LogP contribution in [0.2, 0.25) is 5.02 Å². The summed E-state index contributed by atoms with van der Waals surface area (Å²) in [5.41, 5.74) is -0.0215. The molecule has 4 nitrogen and oxygen atoms in total. The van der Waals surface area contributed by atoms with Gasteiger partial charge in [-0.25, -0.2) is 17.5 Å². The van der Waals surface area contributed by atoms with Crippen LogP contribution >= 0.6 is 11.6 Å². The zero-order valence-corrected chi connectivity index (χ0v) is 13.6. The molecule has 1 aromatic carbocycles. The molecule has 20 heavy (non-hydrogen) atoms. The zero-order valence-electron chi connectivity index (χ0n) is 12.0. The van der Waals surface area contributed by atoms with Crippen LogP contribution in [0.5, 0.6) is 0 Å². The monoisotopic (exact) mass is 322 g/mol. The summed E-state index contributed by atoms with van der Waals surface area (Å²) in [5.74, 6) is -0.773. The first-order valence-electron chi connectivity index (χ1n) is 6.19. The largest absolute Gasteiger partial charge is 0.316 e. The first-order chi connectivity index (χ1) is 9.07. The highest BCUT2D eigenvalue weighted by molar-refractivity contribution is 7.89. The molecule has 2 N–H and O–H groups in total. The third-order valence-corrected chi connectivity index (χ3v) is 4.15. The smallest absolute Gasteiger partial charge is 0.243 e. The molecule has 0 saturated heterocycles. The molecule has 1 rings (SSSR count). The molecule has 0 aliphatic carbocycles. The molecule has 0 aliphatic rings. The van der Waals surface area contributed by atoms with Gasteiger partial charge in [0.15, 0.2) is 0 Å². The number of hydrogen-bond donors (Lipinski definition) is 2. The predicted molar refractivity (Wildman–Crippen MR) is 78.8 cm³/mol. The first kappa shape index (κ1) is 17.4. The summed E-state index contributed by atoms with van der Waals surface area (Å²) in [4.78, 5) is -0.417. The van der Waals surface area contributed by atoms with Crippen molar-refractivity contribution in [2.24, 2.45) is 5.41 Å². The first-order valence-corrected chi connectivity index (χ1v) is 8.05. The standard InChI is InChI=1S/C13H20ClFN2O2S/c1-13(2,3)8-17-20(18,19)11-6-10(14)5-9(7-16-4)12(11)15/h5-6,16-17H,7-8H2,1-4H3. The van der Waals surface area contributed by atoms with E-state index in [4.69, 9.17) is 11.6 Å². The zero-order chi connectivity index (χ0) is 15.6. The molecule has 1 aromatic rings. The van der Waals surface area contributed by atoms with E-state index in [2.05, 4.69) is 10.0 Å². The Hall–Kier alpha value is -0.690. The van der Waals surface area contributed by atoms with Crippen molar-refractivity contribution in [3.05, 3.63) is 28.5 Å². The lowest BCUT2D eigenvalue weighted by Gasteiger charge is -2.19. The highest BCUT2D eigenvalue weighted by Gasteiger charge is 2.24. The molecule has 0 atom stereocenters. The molecular weight excluding hydrogens is 303 g/mol. The van der Waals surface area contributed by atoms with Gasteiger partial charge < -0.3 is 5.32 Å². The Morgan fingerprint density at radius 3 is 2.40 bits per heavy atom. The molecule has 0 fully saturated rings. The van der Waals surface area contributed by atoms with E-state index in [1.54, 1.807) is 7.05 Å². The number of sulfonamides is 1. The van der Waals surface area contributed by atoms with Gasteiger partial charge in [0.05, 0.1) is 0 Å². The Bertz CT molecular complexity index is 583. The molecule has 0 unspecified atom stereocenters. The lowest BCUT2D eigenvalue weighted by atomic mass is 9.98. The molecule has 114 valence electrons. The summed E-state index contributed by atoms with van der Waals surface area (Å²) in [6.07, 6.45) is 0. The highest BCUT2D eigenvalue weighted by Crippen LogP contribution is 2.24. The molecule has 0 saturated carbocycles. The highest BCUT2D eigenvalue weighted by atomic mass is 35.5. The maximum atomic E-state index is 14.2. The fraction of sp³-hybridized carbons (Fsp3) is 0.538. The van der Waals surface area contributed by atoms with Crippen LogP contribution < -0.4 is 10.0 Å². The van der Waals surface area contributed by atoms with Gasteiger partial charge >= 0.3 is 0 Å². The van der Waals surface area contributed by atoms with E-state index in [1.807, 2.05) is 20.8 Å². The molecule has 0 spiro atoms. The van der Waals surface area contributed by atoms with Crippen LogP contribution in [0.1, 0.15) is 26.3 Å². The molecule has 0 bridgehead atoms. The summed E-state index contributed by atoms with van der Waals surface area (Å²) >= 11 is 5.87. The Morgan fingerprint density at radius 2 is 1.90 bits per heavy atom. The van der Waals surface area contributed by atoms with E-state index < -0.39 is 20.7 Å². The second kappa shape index (κ2) is 6.39. The van der Waals surface area contributed by atoms with Crippen LogP contribution in [0.3, 0.4) is 0 Å². The van der Waals surface area contributed by atoms with Crippen molar-refractivity contribution in [1.29, 1.82) is 0 Å². The molecule has 0 aromatic heterocycles. The summed E-state index contributed by atoms with van der Waals surface area (Å²) in [6.45, 7) is 6.07. The summed E-state index contributed by atoms with van der Waals surface area (Å²) in [6, 6.07) is 2.54.